The molecule has 1 atom stereocenters. The lowest BCUT2D eigenvalue weighted by Crippen LogP contribution is -2.19. The first kappa shape index (κ1) is 16.6. The minimum Gasteiger partial charge on any atom is -0.496 e. The van der Waals surface area contributed by atoms with Gasteiger partial charge in [0.25, 0.3) is 0 Å². The predicted octanol–water partition coefficient (Wildman–Crippen LogP) is 3.63. The number of nitrogens with zero attached hydrogens (tertiary/aromatic N) is 2. The lowest BCUT2D eigenvalue weighted by molar-refractivity contribution is 0.404. The largest absolute Gasteiger partial charge is 0.496 e. The summed E-state index contributed by atoms with van der Waals surface area (Å²) in [6, 6.07) is 6.48. The Morgan fingerprint density at radius 2 is 2.10 bits per heavy atom. The van der Waals surface area contributed by atoms with E-state index in [1.54, 1.807) is 42.0 Å². The summed E-state index contributed by atoms with van der Waals surface area (Å²) < 4.78 is 7.49. The molecule has 0 aliphatic carbocycles. The van der Waals surface area contributed by atoms with Crippen molar-refractivity contribution in [2.24, 2.45) is 0 Å². The van der Waals surface area contributed by atoms with E-state index in [1.165, 1.54) is 11.1 Å². The Morgan fingerprint density at radius 3 is 2.71 bits per heavy atom. The number of benzene rings is 1. The van der Waals surface area contributed by atoms with Gasteiger partial charge in [-0.25, -0.2) is 0 Å². The van der Waals surface area contributed by atoms with Crippen LogP contribution in [0.5, 0.6) is 5.75 Å². The van der Waals surface area contributed by atoms with Gasteiger partial charge in [0.2, 0.25) is 0 Å². The SMILES string of the molecule is CNC(CSc1nnc(SC)s1)c1cc(C)ccc1OC. The molecule has 2 rings (SSSR count). The van der Waals surface area contributed by atoms with Gasteiger partial charge in [0, 0.05) is 17.4 Å². The quantitative estimate of drug-likeness (QED) is 0.776. The van der Waals surface area contributed by atoms with E-state index in [1.807, 2.05) is 19.4 Å². The zero-order chi connectivity index (χ0) is 15.2. The van der Waals surface area contributed by atoms with Gasteiger partial charge in [-0.15, -0.1) is 10.2 Å². The highest BCUT2D eigenvalue weighted by Crippen LogP contribution is 2.33. The first-order valence-corrected chi connectivity index (χ1v) is 9.52. The Kier molecular flexibility index (Phi) is 6.35. The number of ether oxygens (including phenoxy) is 1. The normalized spacial score (nSPS) is 12.4. The van der Waals surface area contributed by atoms with Crippen molar-refractivity contribution in [1.29, 1.82) is 0 Å². The molecule has 0 amide bonds. The van der Waals surface area contributed by atoms with Gasteiger partial charge in [0.15, 0.2) is 8.68 Å². The maximum Gasteiger partial charge on any atom is 0.175 e. The van der Waals surface area contributed by atoms with Gasteiger partial charge in [-0.05, 0) is 26.3 Å². The standard InChI is InChI=1S/C14H19N3OS3/c1-9-5-6-12(18-3)10(7-9)11(15-2)8-20-14-17-16-13(19-4)21-14/h5-7,11,15H,8H2,1-4H3. The fraction of sp³-hybridized carbons (Fsp3) is 0.429. The van der Waals surface area contributed by atoms with Crippen molar-refractivity contribution in [3.63, 3.8) is 0 Å². The van der Waals surface area contributed by atoms with Gasteiger partial charge in [-0.1, -0.05) is 52.6 Å². The van der Waals surface area contributed by atoms with Crippen molar-refractivity contribution in [3.8, 4) is 5.75 Å². The highest BCUT2D eigenvalue weighted by Gasteiger charge is 2.16. The third kappa shape index (κ3) is 4.35. The number of hydrogen-bond acceptors (Lipinski definition) is 7. The van der Waals surface area contributed by atoms with Gasteiger partial charge >= 0.3 is 0 Å². The minimum atomic E-state index is 0.214. The Balaban J connectivity index is 2.10. The number of methoxy groups -OCH3 is 1. The fourth-order valence-corrected chi connectivity index (χ4v) is 4.54. The van der Waals surface area contributed by atoms with Crippen LogP contribution in [0.2, 0.25) is 0 Å². The van der Waals surface area contributed by atoms with E-state index < -0.39 is 0 Å². The number of hydrogen-bond donors (Lipinski definition) is 1. The highest BCUT2D eigenvalue weighted by molar-refractivity contribution is 8.02. The van der Waals surface area contributed by atoms with Crippen LogP contribution in [-0.4, -0.2) is 36.4 Å². The molecule has 0 radical (unpaired) electrons. The van der Waals surface area contributed by atoms with Crippen LogP contribution in [0, 0.1) is 6.92 Å². The van der Waals surface area contributed by atoms with E-state index in [-0.39, 0.29) is 6.04 Å². The molecule has 1 N–H and O–H groups in total. The van der Waals surface area contributed by atoms with Crippen LogP contribution in [0.25, 0.3) is 0 Å². The number of aryl methyl sites for hydroxylation is 1. The molecule has 2 aromatic rings. The van der Waals surface area contributed by atoms with Crippen molar-refractivity contribution < 1.29 is 4.74 Å². The lowest BCUT2D eigenvalue weighted by atomic mass is 10.0. The van der Waals surface area contributed by atoms with Gasteiger partial charge in [0.05, 0.1) is 7.11 Å². The van der Waals surface area contributed by atoms with Crippen LogP contribution < -0.4 is 10.1 Å². The maximum atomic E-state index is 5.48. The van der Waals surface area contributed by atoms with E-state index in [4.69, 9.17) is 4.74 Å². The molecule has 0 saturated carbocycles. The van der Waals surface area contributed by atoms with Gasteiger partial charge < -0.3 is 10.1 Å². The molecular formula is C14H19N3OS3. The summed E-state index contributed by atoms with van der Waals surface area (Å²) in [5.41, 5.74) is 2.42. The van der Waals surface area contributed by atoms with E-state index in [0.29, 0.717) is 0 Å². The topological polar surface area (TPSA) is 47.0 Å². The number of nitrogens with one attached hydrogen (secondary N) is 1. The van der Waals surface area contributed by atoms with Crippen molar-refractivity contribution in [2.45, 2.75) is 21.6 Å². The van der Waals surface area contributed by atoms with Crippen molar-refractivity contribution in [3.05, 3.63) is 29.3 Å². The summed E-state index contributed by atoms with van der Waals surface area (Å²) in [6.07, 6.45) is 2.02. The summed E-state index contributed by atoms with van der Waals surface area (Å²) in [6.45, 7) is 2.10. The van der Waals surface area contributed by atoms with Crippen LogP contribution in [0.4, 0.5) is 0 Å². The Bertz CT molecular complexity index is 589. The average Bonchev–Trinajstić information content (AvgIpc) is 2.96. The molecule has 1 aromatic heterocycles. The van der Waals surface area contributed by atoms with Gasteiger partial charge in [0.1, 0.15) is 5.75 Å². The van der Waals surface area contributed by atoms with Gasteiger partial charge in [-0.3, -0.25) is 0 Å². The Labute approximate surface area is 138 Å². The van der Waals surface area contributed by atoms with Crippen LogP contribution in [0.1, 0.15) is 17.2 Å². The van der Waals surface area contributed by atoms with Crippen molar-refractivity contribution >= 4 is 34.9 Å². The van der Waals surface area contributed by atoms with E-state index in [2.05, 4.69) is 34.6 Å². The number of rotatable bonds is 7. The molecule has 1 heterocycles. The second-order valence-corrected chi connectivity index (χ2v) is 7.73. The van der Waals surface area contributed by atoms with Crippen molar-refractivity contribution in [1.82, 2.24) is 15.5 Å². The number of aromatic nitrogens is 2. The third-order valence-corrected chi connectivity index (χ3v) is 6.17. The molecule has 114 valence electrons. The van der Waals surface area contributed by atoms with Crippen LogP contribution in [0.3, 0.4) is 0 Å². The summed E-state index contributed by atoms with van der Waals surface area (Å²) in [7, 11) is 3.68. The predicted molar refractivity (Wildman–Crippen MR) is 91.9 cm³/mol. The molecule has 1 unspecified atom stereocenters. The van der Waals surface area contributed by atoms with Crippen molar-refractivity contribution in [2.75, 3.05) is 26.2 Å². The molecule has 0 bridgehead atoms. The zero-order valence-electron chi connectivity index (χ0n) is 12.5. The third-order valence-electron chi connectivity index (χ3n) is 3.05. The first-order valence-electron chi connectivity index (χ1n) is 6.50. The Morgan fingerprint density at radius 1 is 1.33 bits per heavy atom. The number of thioether (sulfide) groups is 2. The summed E-state index contributed by atoms with van der Waals surface area (Å²) in [4.78, 5) is 0. The molecule has 21 heavy (non-hydrogen) atoms. The van der Waals surface area contributed by atoms with Crippen LogP contribution >= 0.6 is 34.9 Å². The molecule has 0 aliphatic rings. The monoisotopic (exact) mass is 341 g/mol. The summed E-state index contributed by atoms with van der Waals surface area (Å²) >= 11 is 4.99. The van der Waals surface area contributed by atoms with E-state index in [9.17, 15) is 0 Å². The van der Waals surface area contributed by atoms with Gasteiger partial charge in [-0.2, -0.15) is 0 Å². The lowest BCUT2D eigenvalue weighted by Gasteiger charge is -2.19. The highest BCUT2D eigenvalue weighted by atomic mass is 32.2. The molecule has 0 aliphatic heterocycles. The zero-order valence-corrected chi connectivity index (χ0v) is 15.0. The molecule has 0 fully saturated rings. The molecule has 0 spiro atoms. The molecule has 0 saturated heterocycles. The second-order valence-electron chi connectivity index (χ2n) is 4.44. The Hall–Kier alpha value is -0.760. The van der Waals surface area contributed by atoms with Crippen LogP contribution in [0.15, 0.2) is 26.9 Å². The second kappa shape index (κ2) is 8.03. The molecule has 1 aromatic carbocycles. The average molecular weight is 342 g/mol. The fourth-order valence-electron chi connectivity index (χ4n) is 1.95. The minimum absolute atomic E-state index is 0.214. The maximum absolute atomic E-state index is 5.48. The molecular weight excluding hydrogens is 322 g/mol. The van der Waals surface area contributed by atoms with Crippen LogP contribution in [-0.2, 0) is 0 Å². The molecule has 7 heteroatoms. The smallest absolute Gasteiger partial charge is 0.175 e. The first-order chi connectivity index (χ1) is 10.2. The van der Waals surface area contributed by atoms with E-state index >= 15 is 0 Å². The molecule has 4 nitrogen and oxygen atoms in total. The summed E-state index contributed by atoms with van der Waals surface area (Å²) in [5.74, 6) is 1.81. The summed E-state index contributed by atoms with van der Waals surface area (Å²) in [5, 5.41) is 11.7. The van der Waals surface area contributed by atoms with E-state index in [0.717, 1.165) is 20.2 Å².